The topological polar surface area (TPSA) is 62.1 Å². The Kier molecular flexibility index (Phi) is 5.14. The maximum atomic E-state index is 12.3. The van der Waals surface area contributed by atoms with Crippen LogP contribution in [0.25, 0.3) is 6.08 Å². The molecule has 0 unspecified atom stereocenters. The summed E-state index contributed by atoms with van der Waals surface area (Å²) in [5.74, 6) is 0.655. The summed E-state index contributed by atoms with van der Waals surface area (Å²) in [5, 5.41) is 11.7. The lowest BCUT2D eigenvalue weighted by Gasteiger charge is -2.18. The van der Waals surface area contributed by atoms with Crippen LogP contribution in [0.4, 0.5) is 5.69 Å². The largest absolute Gasteiger partial charge is 0.489 e. The molecule has 0 aromatic heterocycles. The Morgan fingerprint density at radius 1 is 1.00 bits per heavy atom. The first-order valence-electron chi connectivity index (χ1n) is 8.73. The van der Waals surface area contributed by atoms with Gasteiger partial charge in [0, 0.05) is 4.90 Å². The molecule has 0 aliphatic carbocycles. The molecule has 1 N–H and O–H groups in total. The molecule has 3 aromatic carbocycles. The van der Waals surface area contributed by atoms with Crippen molar-refractivity contribution in [2.45, 2.75) is 11.5 Å². The van der Waals surface area contributed by atoms with Crippen LogP contribution in [-0.2, 0) is 11.4 Å². The lowest BCUT2D eigenvalue weighted by atomic mass is 10.1. The molecule has 0 atom stereocenters. The van der Waals surface area contributed by atoms with Crippen LogP contribution in [0.3, 0.4) is 0 Å². The van der Waals surface area contributed by atoms with Crippen molar-refractivity contribution >= 4 is 29.4 Å². The van der Waals surface area contributed by atoms with Crippen molar-refractivity contribution in [1.82, 2.24) is 0 Å². The zero-order valence-electron chi connectivity index (χ0n) is 14.9. The molecule has 0 saturated heterocycles. The number of nitriles is 1. The van der Waals surface area contributed by atoms with E-state index < -0.39 is 0 Å². The van der Waals surface area contributed by atoms with Crippen LogP contribution >= 0.6 is 11.8 Å². The predicted molar refractivity (Wildman–Crippen MR) is 111 cm³/mol. The van der Waals surface area contributed by atoms with Crippen molar-refractivity contribution in [3.05, 3.63) is 94.4 Å². The fourth-order valence-electron chi connectivity index (χ4n) is 2.76. The third-order valence-electron chi connectivity index (χ3n) is 4.25. The van der Waals surface area contributed by atoms with Crippen LogP contribution in [-0.4, -0.2) is 5.91 Å². The molecule has 28 heavy (non-hydrogen) atoms. The van der Waals surface area contributed by atoms with E-state index in [1.165, 1.54) is 11.8 Å². The predicted octanol–water partition coefficient (Wildman–Crippen LogP) is 5.22. The van der Waals surface area contributed by atoms with E-state index in [2.05, 4.69) is 11.4 Å². The molecule has 1 heterocycles. The van der Waals surface area contributed by atoms with Gasteiger partial charge in [0.05, 0.1) is 22.2 Å². The molecule has 0 radical (unpaired) electrons. The van der Waals surface area contributed by atoms with Gasteiger partial charge < -0.3 is 10.1 Å². The summed E-state index contributed by atoms with van der Waals surface area (Å²) in [6.45, 7) is 0.432. The maximum Gasteiger partial charge on any atom is 0.262 e. The number of hydrogen-bond acceptors (Lipinski definition) is 4. The second-order valence-electron chi connectivity index (χ2n) is 6.23. The fraction of sp³-hybridized carbons (Fsp3) is 0.0435. The van der Waals surface area contributed by atoms with Crippen molar-refractivity contribution in [3.8, 4) is 11.8 Å². The van der Waals surface area contributed by atoms with E-state index in [1.807, 2.05) is 66.7 Å². The average Bonchev–Trinajstić information content (AvgIpc) is 2.74. The monoisotopic (exact) mass is 384 g/mol. The number of fused-ring (bicyclic) bond motifs is 1. The van der Waals surface area contributed by atoms with E-state index in [0.29, 0.717) is 17.1 Å². The minimum atomic E-state index is -0.0927. The highest BCUT2D eigenvalue weighted by molar-refractivity contribution is 8.04. The van der Waals surface area contributed by atoms with Crippen LogP contribution in [0.1, 0.15) is 16.7 Å². The number of rotatable bonds is 4. The van der Waals surface area contributed by atoms with E-state index in [1.54, 1.807) is 12.1 Å². The Balaban J connectivity index is 1.42. The Morgan fingerprint density at radius 3 is 2.50 bits per heavy atom. The third kappa shape index (κ3) is 4.08. The minimum absolute atomic E-state index is 0.0927. The molecule has 136 valence electrons. The molecule has 1 amide bonds. The second-order valence-corrected chi connectivity index (χ2v) is 7.31. The average molecular weight is 384 g/mol. The van der Waals surface area contributed by atoms with Gasteiger partial charge >= 0.3 is 0 Å². The molecule has 0 spiro atoms. The van der Waals surface area contributed by atoms with Crippen molar-refractivity contribution in [3.63, 3.8) is 0 Å². The smallest absolute Gasteiger partial charge is 0.262 e. The molecule has 1 aliphatic rings. The number of nitrogens with one attached hydrogen (secondary N) is 1. The number of para-hydroxylation sites is 1. The number of nitrogens with zero attached hydrogens (tertiary/aromatic N) is 1. The summed E-state index contributed by atoms with van der Waals surface area (Å²) in [6, 6.07) is 24.8. The van der Waals surface area contributed by atoms with Gasteiger partial charge in [-0.15, -0.1) is 0 Å². The highest BCUT2D eigenvalue weighted by Crippen LogP contribution is 2.38. The zero-order valence-corrected chi connectivity index (χ0v) is 15.7. The highest BCUT2D eigenvalue weighted by Gasteiger charge is 2.20. The van der Waals surface area contributed by atoms with Crippen LogP contribution < -0.4 is 10.1 Å². The summed E-state index contributed by atoms with van der Waals surface area (Å²) in [7, 11) is 0. The van der Waals surface area contributed by atoms with Gasteiger partial charge in [-0.2, -0.15) is 5.26 Å². The van der Waals surface area contributed by atoms with Crippen molar-refractivity contribution in [1.29, 1.82) is 5.26 Å². The van der Waals surface area contributed by atoms with E-state index in [0.717, 1.165) is 27.5 Å². The van der Waals surface area contributed by atoms with Crippen LogP contribution in [0.15, 0.2) is 82.6 Å². The highest BCUT2D eigenvalue weighted by atomic mass is 32.2. The number of anilines is 1. The first-order valence-corrected chi connectivity index (χ1v) is 9.55. The molecular formula is C23H16N2O2S. The molecule has 0 fully saturated rings. The summed E-state index contributed by atoms with van der Waals surface area (Å²) in [6.07, 6.45) is 1.88. The number of carbonyl (C=O) groups excluding carboxylic acids is 1. The van der Waals surface area contributed by atoms with Crippen LogP contribution in [0.2, 0.25) is 0 Å². The molecule has 1 aliphatic heterocycles. The van der Waals surface area contributed by atoms with Gasteiger partial charge in [-0.05, 0) is 53.6 Å². The van der Waals surface area contributed by atoms with E-state index in [9.17, 15) is 4.79 Å². The summed E-state index contributed by atoms with van der Waals surface area (Å²) in [4.78, 5) is 14.0. The van der Waals surface area contributed by atoms with Crippen LogP contribution in [0, 0.1) is 11.3 Å². The first kappa shape index (κ1) is 17.9. The van der Waals surface area contributed by atoms with Gasteiger partial charge in [-0.1, -0.05) is 48.2 Å². The van der Waals surface area contributed by atoms with Gasteiger partial charge in [0.25, 0.3) is 5.91 Å². The number of carbonyl (C=O) groups is 1. The lowest BCUT2D eigenvalue weighted by Crippen LogP contribution is -2.17. The number of ether oxygens (including phenoxy) is 1. The number of thioether (sulfide) groups is 1. The van der Waals surface area contributed by atoms with Gasteiger partial charge in [0.1, 0.15) is 12.4 Å². The molecule has 5 heteroatoms. The van der Waals surface area contributed by atoms with Gasteiger partial charge in [-0.3, -0.25) is 4.79 Å². The Labute approximate surface area is 167 Å². The number of amides is 1. The third-order valence-corrected chi connectivity index (χ3v) is 5.34. The Morgan fingerprint density at radius 2 is 1.75 bits per heavy atom. The molecule has 3 aromatic rings. The lowest BCUT2D eigenvalue weighted by molar-refractivity contribution is -0.112. The van der Waals surface area contributed by atoms with Crippen molar-refractivity contribution < 1.29 is 9.53 Å². The molecule has 4 nitrogen and oxygen atoms in total. The van der Waals surface area contributed by atoms with E-state index >= 15 is 0 Å². The van der Waals surface area contributed by atoms with Gasteiger partial charge in [0.2, 0.25) is 0 Å². The number of hydrogen-bond donors (Lipinski definition) is 1. The van der Waals surface area contributed by atoms with Crippen LogP contribution in [0.5, 0.6) is 5.75 Å². The summed E-state index contributed by atoms with van der Waals surface area (Å²) >= 11 is 1.47. The zero-order chi connectivity index (χ0) is 19.3. The molecule has 0 saturated carbocycles. The van der Waals surface area contributed by atoms with Gasteiger partial charge in [0.15, 0.2) is 0 Å². The second kappa shape index (κ2) is 8.03. The minimum Gasteiger partial charge on any atom is -0.489 e. The quantitative estimate of drug-likeness (QED) is 0.626. The van der Waals surface area contributed by atoms with Crippen molar-refractivity contribution in [2.75, 3.05) is 5.32 Å². The first-order chi connectivity index (χ1) is 13.7. The molecule has 4 rings (SSSR count). The SMILES string of the molecule is N#Cc1ccc(COc2ccc(/C=C3\Sc4ccccc4NC3=O)cc2)cc1. The standard InChI is InChI=1S/C23H16N2O2S/c24-14-17-5-7-18(8-6-17)15-27-19-11-9-16(10-12-19)13-22-23(26)25-20-3-1-2-4-21(20)28-22/h1-13H,15H2,(H,25,26)/b22-13-. The van der Waals surface area contributed by atoms with Crippen molar-refractivity contribution in [2.24, 2.45) is 0 Å². The van der Waals surface area contributed by atoms with Gasteiger partial charge in [-0.25, -0.2) is 0 Å². The summed E-state index contributed by atoms with van der Waals surface area (Å²) in [5.41, 5.74) is 3.41. The maximum absolute atomic E-state index is 12.3. The van der Waals surface area contributed by atoms with E-state index in [-0.39, 0.29) is 5.91 Å². The van der Waals surface area contributed by atoms with E-state index in [4.69, 9.17) is 10.00 Å². The summed E-state index contributed by atoms with van der Waals surface area (Å²) < 4.78 is 5.79. The normalized spacial score (nSPS) is 14.1. The molecular weight excluding hydrogens is 368 g/mol. The Bertz CT molecular complexity index is 1080. The molecule has 0 bridgehead atoms. The fourth-order valence-corrected chi connectivity index (χ4v) is 3.71. The Hall–Kier alpha value is -3.49. The number of benzene rings is 3.